The number of aliphatic hydroxyl groups is 1. The van der Waals surface area contributed by atoms with E-state index in [2.05, 4.69) is 0 Å². The van der Waals surface area contributed by atoms with Gasteiger partial charge < -0.3 is 5.11 Å². The smallest absolute Gasteiger partial charge is 0.218 e. The fraction of sp³-hybridized carbons (Fsp3) is 0.571. The maximum Gasteiger partial charge on any atom is 0.218 e. The fourth-order valence-electron chi connectivity index (χ4n) is 2.10. The Balaban J connectivity index is 2.94. The van der Waals surface area contributed by atoms with Gasteiger partial charge in [-0.05, 0) is 24.5 Å². The van der Waals surface area contributed by atoms with Crippen LogP contribution in [0.4, 0.5) is 0 Å². The molecule has 0 aliphatic heterocycles. The minimum absolute atomic E-state index is 0.0102. The number of nitrogens with zero attached hydrogens (tertiary/aromatic N) is 1. The van der Waals surface area contributed by atoms with E-state index in [1.54, 1.807) is 28.6 Å². The molecule has 1 atom stereocenters. The van der Waals surface area contributed by atoms with Crippen molar-refractivity contribution >= 4 is 10.0 Å². The third-order valence-corrected chi connectivity index (χ3v) is 5.31. The molecule has 4 nitrogen and oxygen atoms in total. The molecule has 0 aliphatic rings. The molecule has 0 saturated carbocycles. The van der Waals surface area contributed by atoms with Gasteiger partial charge in [0.25, 0.3) is 0 Å². The normalized spacial score (nSPS) is 13.7. The molecular weight excluding hydrogens is 262 g/mol. The predicted molar refractivity (Wildman–Crippen MR) is 77.1 cm³/mol. The van der Waals surface area contributed by atoms with Gasteiger partial charge in [0.1, 0.15) is 0 Å². The molecule has 1 N–H and O–H groups in total. The Hall–Kier alpha value is -0.910. The minimum atomic E-state index is -3.31. The van der Waals surface area contributed by atoms with Crippen LogP contribution in [0.15, 0.2) is 24.3 Å². The van der Waals surface area contributed by atoms with Crippen LogP contribution in [-0.2, 0) is 22.4 Å². The third-order valence-electron chi connectivity index (χ3n) is 3.27. The first-order chi connectivity index (χ1) is 8.94. The minimum Gasteiger partial charge on any atom is -0.392 e. The van der Waals surface area contributed by atoms with Crippen molar-refractivity contribution < 1.29 is 13.5 Å². The van der Waals surface area contributed by atoms with Crippen LogP contribution in [0.3, 0.4) is 0 Å². The first kappa shape index (κ1) is 16.1. The average Bonchev–Trinajstić information content (AvgIpc) is 2.38. The van der Waals surface area contributed by atoms with Crippen molar-refractivity contribution in [2.24, 2.45) is 0 Å². The first-order valence-corrected chi connectivity index (χ1v) is 8.23. The second-order valence-corrected chi connectivity index (χ2v) is 6.62. The summed E-state index contributed by atoms with van der Waals surface area (Å²) in [5, 5.41) is 9.08. The summed E-state index contributed by atoms with van der Waals surface area (Å²) in [6.07, 6.45) is 0.795. The highest BCUT2D eigenvalue weighted by Crippen LogP contribution is 2.16. The molecular formula is C14H23NO3S. The summed E-state index contributed by atoms with van der Waals surface area (Å²) >= 11 is 0. The fourth-order valence-corrected chi connectivity index (χ4v) is 3.95. The molecule has 1 unspecified atom stereocenters. The summed E-state index contributed by atoms with van der Waals surface area (Å²) in [7, 11) is -3.31. The van der Waals surface area contributed by atoms with Gasteiger partial charge >= 0.3 is 0 Å². The maximum atomic E-state index is 12.4. The van der Waals surface area contributed by atoms with Crippen molar-refractivity contribution in [2.75, 3.05) is 6.54 Å². The molecule has 0 aromatic heterocycles. The van der Waals surface area contributed by atoms with Crippen LogP contribution < -0.4 is 0 Å². The second kappa shape index (κ2) is 7.03. The molecule has 108 valence electrons. The lowest BCUT2D eigenvalue weighted by Crippen LogP contribution is -2.38. The Bertz CT molecular complexity index is 499. The van der Waals surface area contributed by atoms with E-state index in [-0.39, 0.29) is 18.4 Å². The summed E-state index contributed by atoms with van der Waals surface area (Å²) in [5.74, 6) is -0.0149. The highest BCUT2D eigenvalue weighted by Gasteiger charge is 2.24. The quantitative estimate of drug-likeness (QED) is 0.835. The summed E-state index contributed by atoms with van der Waals surface area (Å²) in [4.78, 5) is 0. The summed E-state index contributed by atoms with van der Waals surface area (Å²) in [6.45, 7) is 6.17. The van der Waals surface area contributed by atoms with Crippen molar-refractivity contribution in [3.63, 3.8) is 0 Å². The number of hydrogen-bond acceptors (Lipinski definition) is 3. The van der Waals surface area contributed by atoms with E-state index in [9.17, 15) is 8.42 Å². The molecule has 0 saturated heterocycles. The van der Waals surface area contributed by atoms with E-state index in [1.807, 2.05) is 20.8 Å². The van der Waals surface area contributed by atoms with Crippen LogP contribution in [0.2, 0.25) is 0 Å². The molecule has 0 heterocycles. The van der Waals surface area contributed by atoms with Crippen molar-refractivity contribution in [1.29, 1.82) is 0 Å². The first-order valence-electron chi connectivity index (χ1n) is 6.62. The van der Waals surface area contributed by atoms with Crippen molar-refractivity contribution in [3.8, 4) is 0 Å². The summed E-state index contributed by atoms with van der Waals surface area (Å²) in [6, 6.07) is 7.08. The number of benzene rings is 1. The van der Waals surface area contributed by atoms with Crippen LogP contribution in [0, 0.1) is 0 Å². The molecule has 1 aromatic rings. The lowest BCUT2D eigenvalue weighted by Gasteiger charge is -2.26. The number of aliphatic hydroxyl groups excluding tert-OH is 1. The molecule has 19 heavy (non-hydrogen) atoms. The Kier molecular flexibility index (Phi) is 5.97. The molecule has 1 aromatic carbocycles. The van der Waals surface area contributed by atoms with Crippen molar-refractivity contribution in [2.45, 2.75) is 45.6 Å². The zero-order valence-corrected chi connectivity index (χ0v) is 12.7. The van der Waals surface area contributed by atoms with Gasteiger partial charge in [-0.25, -0.2) is 8.42 Å². The number of rotatable bonds is 7. The van der Waals surface area contributed by atoms with Crippen LogP contribution in [-0.4, -0.2) is 30.4 Å². The van der Waals surface area contributed by atoms with E-state index in [1.165, 1.54) is 0 Å². The van der Waals surface area contributed by atoms with E-state index in [0.29, 0.717) is 12.1 Å². The molecule has 0 aliphatic carbocycles. The van der Waals surface area contributed by atoms with E-state index in [0.717, 1.165) is 12.0 Å². The topological polar surface area (TPSA) is 57.6 Å². The standard InChI is InChI=1S/C14H23NO3S/c1-4-12(3)15(5-2)19(17,18)11-14-8-6-7-13(9-14)10-16/h6-9,12,16H,4-5,10-11H2,1-3H3. The van der Waals surface area contributed by atoms with Gasteiger partial charge in [0, 0.05) is 12.6 Å². The van der Waals surface area contributed by atoms with Crippen molar-refractivity contribution in [1.82, 2.24) is 4.31 Å². The van der Waals surface area contributed by atoms with Gasteiger partial charge in [0.05, 0.1) is 12.4 Å². The van der Waals surface area contributed by atoms with Gasteiger partial charge in [0.2, 0.25) is 10.0 Å². The van der Waals surface area contributed by atoms with E-state index in [4.69, 9.17) is 5.11 Å². The number of sulfonamides is 1. The Morgan fingerprint density at radius 2 is 1.89 bits per heavy atom. The predicted octanol–water partition coefficient (Wildman–Crippen LogP) is 2.13. The lowest BCUT2D eigenvalue weighted by atomic mass is 10.1. The molecule has 1 rings (SSSR count). The summed E-state index contributed by atoms with van der Waals surface area (Å²) < 4.78 is 26.3. The van der Waals surface area contributed by atoms with Gasteiger partial charge in [-0.15, -0.1) is 0 Å². The average molecular weight is 285 g/mol. The Morgan fingerprint density at radius 1 is 1.26 bits per heavy atom. The SMILES string of the molecule is CCC(C)N(CC)S(=O)(=O)Cc1cccc(CO)c1. The lowest BCUT2D eigenvalue weighted by molar-refractivity contribution is 0.281. The second-order valence-electron chi connectivity index (χ2n) is 4.69. The van der Waals surface area contributed by atoms with Crippen LogP contribution in [0.1, 0.15) is 38.3 Å². The van der Waals surface area contributed by atoms with E-state index >= 15 is 0 Å². The number of hydrogen-bond donors (Lipinski definition) is 1. The zero-order chi connectivity index (χ0) is 14.5. The third kappa shape index (κ3) is 4.30. The molecule has 0 amide bonds. The maximum absolute atomic E-state index is 12.4. The molecule has 0 bridgehead atoms. The van der Waals surface area contributed by atoms with E-state index < -0.39 is 10.0 Å². The largest absolute Gasteiger partial charge is 0.392 e. The Labute approximate surface area is 116 Å². The van der Waals surface area contributed by atoms with Gasteiger partial charge in [-0.2, -0.15) is 4.31 Å². The van der Waals surface area contributed by atoms with Gasteiger partial charge in [0.15, 0.2) is 0 Å². The summed E-state index contributed by atoms with van der Waals surface area (Å²) in [5.41, 5.74) is 1.45. The molecule has 0 fully saturated rings. The Morgan fingerprint density at radius 3 is 2.42 bits per heavy atom. The molecule has 0 spiro atoms. The molecule has 5 heteroatoms. The highest BCUT2D eigenvalue weighted by molar-refractivity contribution is 7.88. The van der Waals surface area contributed by atoms with Crippen molar-refractivity contribution in [3.05, 3.63) is 35.4 Å². The van der Waals surface area contributed by atoms with Gasteiger partial charge in [-0.1, -0.05) is 38.1 Å². The van der Waals surface area contributed by atoms with Crippen LogP contribution in [0.25, 0.3) is 0 Å². The highest BCUT2D eigenvalue weighted by atomic mass is 32.2. The van der Waals surface area contributed by atoms with Gasteiger partial charge in [-0.3, -0.25) is 0 Å². The molecule has 0 radical (unpaired) electrons. The van der Waals surface area contributed by atoms with Crippen LogP contribution >= 0.6 is 0 Å². The monoisotopic (exact) mass is 285 g/mol. The zero-order valence-electron chi connectivity index (χ0n) is 11.8. The van der Waals surface area contributed by atoms with Crippen LogP contribution in [0.5, 0.6) is 0 Å².